The van der Waals surface area contributed by atoms with Gasteiger partial charge in [0.2, 0.25) is 17.0 Å². The zero-order valence-corrected chi connectivity index (χ0v) is 23.3. The fraction of sp³-hybridized carbons (Fsp3) is 0.258. The van der Waals surface area contributed by atoms with Crippen molar-refractivity contribution in [2.24, 2.45) is 0 Å². The second-order valence-electron chi connectivity index (χ2n) is 11.2. The molecule has 0 bridgehead atoms. The minimum atomic E-state index is -1.71. The van der Waals surface area contributed by atoms with E-state index in [2.05, 4.69) is 0 Å². The number of carbonyl (C=O) groups excluding carboxylic acids is 4. The Labute approximate surface area is 242 Å². The Morgan fingerprint density at radius 1 is 0.930 bits per heavy atom. The normalized spacial score (nSPS) is 22.3. The summed E-state index contributed by atoms with van der Waals surface area (Å²) >= 11 is 0. The van der Waals surface area contributed by atoms with E-state index in [4.69, 9.17) is 18.6 Å². The average molecular weight is 586 g/mol. The third kappa shape index (κ3) is 3.15. The molecule has 2 aliphatic heterocycles. The van der Waals surface area contributed by atoms with E-state index in [0.29, 0.717) is 10.9 Å². The van der Waals surface area contributed by atoms with Crippen LogP contribution in [0.5, 0.6) is 17.2 Å². The van der Waals surface area contributed by atoms with Crippen LogP contribution in [0.15, 0.2) is 39.5 Å². The van der Waals surface area contributed by atoms with Crippen molar-refractivity contribution in [3.05, 3.63) is 74.1 Å². The van der Waals surface area contributed by atoms with E-state index in [1.165, 1.54) is 52.3 Å². The van der Waals surface area contributed by atoms with Gasteiger partial charge < -0.3 is 28.8 Å². The number of ether oxygens (including phenoxy) is 3. The smallest absolute Gasteiger partial charge is 0.336 e. The molecule has 1 fully saturated rings. The van der Waals surface area contributed by atoms with Gasteiger partial charge in [0, 0.05) is 29.0 Å². The van der Waals surface area contributed by atoms with Gasteiger partial charge in [0.1, 0.15) is 16.9 Å². The first-order chi connectivity index (χ1) is 20.4. The number of aliphatic hydroxyl groups excluding tert-OH is 1. The second kappa shape index (κ2) is 8.42. The van der Waals surface area contributed by atoms with Gasteiger partial charge in [-0.15, -0.1) is 0 Å². The van der Waals surface area contributed by atoms with Crippen molar-refractivity contribution in [3.8, 4) is 17.2 Å². The first-order valence-corrected chi connectivity index (χ1v) is 13.2. The minimum absolute atomic E-state index is 0.00617. The summed E-state index contributed by atoms with van der Waals surface area (Å²) in [5.41, 5.74) is -4.70. The van der Waals surface area contributed by atoms with Crippen molar-refractivity contribution in [1.29, 1.82) is 0 Å². The van der Waals surface area contributed by atoms with Crippen LogP contribution in [0, 0.1) is 0 Å². The number of aromatic hydroxyl groups is 1. The lowest BCUT2D eigenvalue weighted by atomic mass is 9.80. The molecule has 12 nitrogen and oxygen atoms in total. The predicted molar refractivity (Wildman–Crippen MR) is 148 cm³/mol. The van der Waals surface area contributed by atoms with E-state index in [1.807, 2.05) is 0 Å². The number of carbonyl (C=O) groups is 4. The molecule has 1 aliphatic carbocycles. The van der Waals surface area contributed by atoms with Gasteiger partial charge in [0.15, 0.2) is 28.5 Å². The summed E-state index contributed by atoms with van der Waals surface area (Å²) < 4.78 is 21.9. The minimum Gasteiger partial charge on any atom is -0.506 e. The van der Waals surface area contributed by atoms with Crippen LogP contribution in [-0.4, -0.2) is 70.6 Å². The number of rotatable bonds is 3. The van der Waals surface area contributed by atoms with Crippen molar-refractivity contribution in [1.82, 2.24) is 4.90 Å². The number of esters is 1. The Morgan fingerprint density at radius 3 is 2.30 bits per heavy atom. The molecule has 0 radical (unpaired) electrons. The van der Waals surface area contributed by atoms with Crippen molar-refractivity contribution in [2.45, 2.75) is 31.5 Å². The number of amides is 1. The lowest BCUT2D eigenvalue weighted by Gasteiger charge is -2.42. The second-order valence-corrected chi connectivity index (χ2v) is 11.2. The highest BCUT2D eigenvalue weighted by molar-refractivity contribution is 6.32. The molecule has 4 aromatic rings. The van der Waals surface area contributed by atoms with Crippen LogP contribution in [0.2, 0.25) is 0 Å². The number of nitrogens with zero attached hydrogens (tertiary/aromatic N) is 1. The number of phenols is 1. The SMILES string of the molecule is COc1cc2oc3c(c(=O)c2cc1OC)C(=O)c1c(ccc2cc4c(c(O)c12)C(=O)N1[C@@](C)(C4)OC(=O)[C@]1(C)CO)C3=O. The van der Waals surface area contributed by atoms with E-state index in [-0.39, 0.29) is 51.0 Å². The molecular formula is C31H23NO11. The largest absolute Gasteiger partial charge is 0.506 e. The zero-order valence-electron chi connectivity index (χ0n) is 23.3. The molecule has 3 aliphatic rings. The molecule has 1 amide bonds. The number of hydrogen-bond donors (Lipinski definition) is 2. The van der Waals surface area contributed by atoms with E-state index in [9.17, 15) is 34.2 Å². The summed E-state index contributed by atoms with van der Waals surface area (Å²) in [5.74, 6) is -3.84. The highest BCUT2D eigenvalue weighted by atomic mass is 16.6. The third-order valence-electron chi connectivity index (χ3n) is 8.63. The number of methoxy groups -OCH3 is 2. The van der Waals surface area contributed by atoms with E-state index in [1.54, 1.807) is 6.07 Å². The Kier molecular flexibility index (Phi) is 5.22. The summed E-state index contributed by atoms with van der Waals surface area (Å²) in [6, 6.07) is 7.20. The first-order valence-electron chi connectivity index (χ1n) is 13.2. The van der Waals surface area contributed by atoms with Crippen molar-refractivity contribution in [3.63, 3.8) is 0 Å². The van der Waals surface area contributed by atoms with Crippen LogP contribution in [0.25, 0.3) is 21.7 Å². The summed E-state index contributed by atoms with van der Waals surface area (Å²) in [6.07, 6.45) is -0.00737. The van der Waals surface area contributed by atoms with Crippen molar-refractivity contribution in [2.75, 3.05) is 20.8 Å². The first kappa shape index (κ1) is 26.7. The van der Waals surface area contributed by atoms with Crippen LogP contribution >= 0.6 is 0 Å². The van der Waals surface area contributed by atoms with Gasteiger partial charge in [-0.2, -0.15) is 0 Å². The van der Waals surface area contributed by atoms with Crippen LogP contribution in [0.1, 0.15) is 61.8 Å². The zero-order chi connectivity index (χ0) is 30.7. The van der Waals surface area contributed by atoms with Crippen LogP contribution in [0.4, 0.5) is 0 Å². The monoisotopic (exact) mass is 585 g/mol. The lowest BCUT2D eigenvalue weighted by molar-refractivity contribution is -0.151. The highest BCUT2D eigenvalue weighted by Crippen LogP contribution is 2.48. The molecule has 0 unspecified atom stereocenters. The van der Waals surface area contributed by atoms with Gasteiger partial charge in [0.25, 0.3) is 5.91 Å². The fourth-order valence-corrected chi connectivity index (χ4v) is 6.59. The predicted octanol–water partition coefficient (Wildman–Crippen LogP) is 2.47. The summed E-state index contributed by atoms with van der Waals surface area (Å²) in [6.45, 7) is 2.17. The molecule has 0 spiro atoms. The maximum absolute atomic E-state index is 14.1. The molecule has 0 saturated carbocycles. The standard InChI is InChI=1S/C31H23NO11/c1-30(11-33)29(39)43-31(2)10-13-7-12-5-6-14-21(19(12)25(36)20(13)28(38)32(30)31)26(37)22-23(34)15-8-17(40-3)18(41-4)9-16(15)42-27(22)24(14)35/h5-9,33,36H,10-11H2,1-4H3/t30-,31+/m0/s1. The van der Waals surface area contributed by atoms with Crippen LogP contribution < -0.4 is 14.9 Å². The number of fused-ring (bicyclic) bond motifs is 7. The van der Waals surface area contributed by atoms with Gasteiger partial charge in [0.05, 0.1) is 31.8 Å². The molecule has 218 valence electrons. The third-order valence-corrected chi connectivity index (χ3v) is 8.63. The molecule has 2 atom stereocenters. The van der Waals surface area contributed by atoms with E-state index in [0.717, 1.165) is 4.90 Å². The quantitative estimate of drug-likeness (QED) is 0.298. The Hall–Kier alpha value is -5.23. The maximum atomic E-state index is 14.1. The molecule has 12 heteroatoms. The van der Waals surface area contributed by atoms with E-state index < -0.39 is 63.8 Å². The fourth-order valence-electron chi connectivity index (χ4n) is 6.59. The summed E-state index contributed by atoms with van der Waals surface area (Å²) in [7, 11) is 2.77. The highest BCUT2D eigenvalue weighted by Gasteiger charge is 2.63. The van der Waals surface area contributed by atoms with Gasteiger partial charge in [-0.3, -0.25) is 24.1 Å². The molecule has 3 aromatic carbocycles. The topological polar surface area (TPSA) is 170 Å². The maximum Gasteiger partial charge on any atom is 0.336 e. The molecular weight excluding hydrogens is 562 g/mol. The van der Waals surface area contributed by atoms with Crippen molar-refractivity contribution >= 4 is 45.2 Å². The Bertz CT molecular complexity index is 2090. The number of phenolic OH excluding ortho intramolecular Hbond substituents is 1. The van der Waals surface area contributed by atoms with Crippen molar-refractivity contribution < 1.29 is 48.0 Å². The van der Waals surface area contributed by atoms with E-state index >= 15 is 0 Å². The molecule has 3 heterocycles. The number of benzene rings is 3. The van der Waals surface area contributed by atoms with Gasteiger partial charge in [-0.1, -0.05) is 6.07 Å². The number of ketones is 2. The molecule has 7 rings (SSSR count). The Balaban J connectivity index is 1.48. The number of hydrogen-bond acceptors (Lipinski definition) is 11. The summed E-state index contributed by atoms with van der Waals surface area (Å²) in [5, 5.41) is 21.8. The van der Waals surface area contributed by atoms with Gasteiger partial charge in [-0.25, -0.2) is 4.79 Å². The molecule has 2 N–H and O–H groups in total. The van der Waals surface area contributed by atoms with Crippen LogP contribution in [0.3, 0.4) is 0 Å². The molecule has 43 heavy (non-hydrogen) atoms. The lowest BCUT2D eigenvalue weighted by Crippen LogP contribution is -2.60. The molecule has 1 saturated heterocycles. The Morgan fingerprint density at radius 2 is 1.63 bits per heavy atom. The van der Waals surface area contributed by atoms with Crippen LogP contribution in [-0.2, 0) is 16.0 Å². The molecule has 1 aromatic heterocycles. The number of aliphatic hydroxyl groups is 1. The summed E-state index contributed by atoms with van der Waals surface area (Å²) in [4.78, 5) is 69.2. The average Bonchev–Trinajstić information content (AvgIpc) is 3.18. The van der Waals surface area contributed by atoms with Gasteiger partial charge >= 0.3 is 5.97 Å². The van der Waals surface area contributed by atoms with Gasteiger partial charge in [-0.05, 0) is 43.0 Å².